The molecule has 0 amide bonds. The zero-order valence-corrected chi connectivity index (χ0v) is 9.13. The summed E-state index contributed by atoms with van der Waals surface area (Å²) in [6.07, 6.45) is 0.339. The molecule has 4 nitrogen and oxygen atoms in total. The molecular weight excluding hydrogens is 208 g/mol. The van der Waals surface area contributed by atoms with Gasteiger partial charge in [0.15, 0.2) is 6.10 Å². The van der Waals surface area contributed by atoms with Crippen LogP contribution < -0.4 is 0 Å². The zero-order valence-electron chi connectivity index (χ0n) is 9.13. The van der Waals surface area contributed by atoms with Crippen LogP contribution in [0.2, 0.25) is 0 Å². The molecule has 0 aliphatic rings. The van der Waals surface area contributed by atoms with Crippen LogP contribution in [0.4, 0.5) is 0 Å². The van der Waals surface area contributed by atoms with Crippen LogP contribution in [-0.4, -0.2) is 27.4 Å². The highest BCUT2D eigenvalue weighted by atomic mass is 16.4. The molecule has 0 heterocycles. The standard InChI is InChI=1S/C9H10O4.C3H6/c10-7-3-1-2-6(4-7)5-8(11)9(12)13;1-3-2/h1-4,8,10-11H,5H2,(H,12,13);3H,1H2,2H3/t8-;/m0./s1. The number of rotatable bonds is 3. The molecule has 88 valence electrons. The van der Waals surface area contributed by atoms with Crippen molar-refractivity contribution in [2.24, 2.45) is 0 Å². The number of carboxylic acid groups (broad SMARTS) is 1. The minimum atomic E-state index is -1.42. The molecule has 0 aromatic heterocycles. The number of carboxylic acids is 1. The predicted octanol–water partition coefficient (Wildman–Crippen LogP) is 1.57. The molecule has 0 aliphatic carbocycles. The summed E-state index contributed by atoms with van der Waals surface area (Å²) in [5.74, 6) is -1.20. The Hall–Kier alpha value is -1.81. The SMILES string of the molecule is C=CC.O=C(O)[C@@H](O)Cc1cccc(O)c1. The summed E-state index contributed by atoms with van der Waals surface area (Å²) in [6.45, 7) is 5.25. The maximum absolute atomic E-state index is 10.3. The zero-order chi connectivity index (χ0) is 12.6. The number of phenols is 1. The molecule has 0 saturated carbocycles. The van der Waals surface area contributed by atoms with Crippen LogP contribution >= 0.6 is 0 Å². The van der Waals surface area contributed by atoms with Crippen molar-refractivity contribution in [2.75, 3.05) is 0 Å². The number of aromatic hydroxyl groups is 1. The Morgan fingerprint density at radius 1 is 1.56 bits per heavy atom. The molecule has 0 radical (unpaired) electrons. The second kappa shape index (κ2) is 7.48. The number of aliphatic hydroxyl groups excluding tert-OH is 1. The van der Waals surface area contributed by atoms with Crippen LogP contribution in [0.25, 0.3) is 0 Å². The van der Waals surface area contributed by atoms with Crippen LogP contribution in [0.1, 0.15) is 12.5 Å². The van der Waals surface area contributed by atoms with Gasteiger partial charge in [0.25, 0.3) is 0 Å². The third-order valence-electron chi connectivity index (χ3n) is 1.62. The number of aliphatic carboxylic acids is 1. The van der Waals surface area contributed by atoms with Crippen LogP contribution in [0.15, 0.2) is 36.9 Å². The lowest BCUT2D eigenvalue weighted by atomic mass is 10.1. The smallest absolute Gasteiger partial charge is 0.332 e. The highest BCUT2D eigenvalue weighted by Crippen LogP contribution is 2.12. The molecule has 16 heavy (non-hydrogen) atoms. The molecule has 4 heteroatoms. The van der Waals surface area contributed by atoms with Gasteiger partial charge in [0.2, 0.25) is 0 Å². The van der Waals surface area contributed by atoms with Crippen molar-refractivity contribution in [3.05, 3.63) is 42.5 Å². The molecule has 0 bridgehead atoms. The molecular formula is C12H16O4. The number of carbonyl (C=O) groups is 1. The maximum atomic E-state index is 10.3. The van der Waals surface area contributed by atoms with Gasteiger partial charge in [0.05, 0.1) is 0 Å². The van der Waals surface area contributed by atoms with Gasteiger partial charge < -0.3 is 15.3 Å². The molecule has 1 atom stereocenters. The third kappa shape index (κ3) is 5.82. The molecule has 1 rings (SSSR count). The molecule has 0 fully saturated rings. The summed E-state index contributed by atoms with van der Waals surface area (Å²) >= 11 is 0. The molecule has 0 spiro atoms. The van der Waals surface area contributed by atoms with Crippen LogP contribution in [0.5, 0.6) is 5.75 Å². The van der Waals surface area contributed by atoms with Crippen LogP contribution in [0.3, 0.4) is 0 Å². The van der Waals surface area contributed by atoms with Crippen LogP contribution in [-0.2, 0) is 11.2 Å². The molecule has 0 unspecified atom stereocenters. The van der Waals surface area contributed by atoms with Gasteiger partial charge in [-0.15, -0.1) is 6.58 Å². The van der Waals surface area contributed by atoms with E-state index in [1.165, 1.54) is 12.1 Å². The maximum Gasteiger partial charge on any atom is 0.332 e. The van der Waals surface area contributed by atoms with Crippen molar-refractivity contribution < 1.29 is 20.1 Å². The van der Waals surface area contributed by atoms with E-state index in [2.05, 4.69) is 6.58 Å². The Morgan fingerprint density at radius 2 is 2.12 bits per heavy atom. The molecule has 1 aromatic carbocycles. The number of aliphatic hydroxyl groups is 1. The summed E-state index contributed by atoms with van der Waals surface area (Å²) in [6, 6.07) is 6.15. The van der Waals surface area contributed by atoms with Gasteiger partial charge in [0, 0.05) is 6.42 Å². The van der Waals surface area contributed by atoms with E-state index in [0.717, 1.165) is 0 Å². The summed E-state index contributed by atoms with van der Waals surface area (Å²) in [4.78, 5) is 10.3. The minimum Gasteiger partial charge on any atom is -0.508 e. The second-order valence-corrected chi connectivity index (χ2v) is 3.14. The van der Waals surface area contributed by atoms with Gasteiger partial charge in [-0.25, -0.2) is 4.79 Å². The summed E-state index contributed by atoms with van der Waals surface area (Å²) < 4.78 is 0. The fraction of sp³-hybridized carbons (Fsp3) is 0.250. The Kier molecular flexibility index (Phi) is 6.63. The first kappa shape index (κ1) is 14.2. The lowest BCUT2D eigenvalue weighted by Crippen LogP contribution is -2.21. The number of hydrogen-bond acceptors (Lipinski definition) is 3. The number of hydrogen-bond donors (Lipinski definition) is 3. The first-order chi connectivity index (χ1) is 7.51. The summed E-state index contributed by atoms with van der Waals surface area (Å²) in [5.41, 5.74) is 0.593. The average molecular weight is 224 g/mol. The van der Waals surface area contributed by atoms with Gasteiger partial charge in [-0.05, 0) is 24.6 Å². The predicted molar refractivity (Wildman–Crippen MR) is 61.3 cm³/mol. The lowest BCUT2D eigenvalue weighted by molar-refractivity contribution is -0.146. The quantitative estimate of drug-likeness (QED) is 0.681. The minimum absolute atomic E-state index is 0.00370. The fourth-order valence-electron chi connectivity index (χ4n) is 0.994. The van der Waals surface area contributed by atoms with E-state index >= 15 is 0 Å². The number of allylic oxidation sites excluding steroid dienone is 1. The van der Waals surface area contributed by atoms with Crippen molar-refractivity contribution in [3.63, 3.8) is 0 Å². The Labute approximate surface area is 94.5 Å². The van der Waals surface area contributed by atoms with E-state index in [0.29, 0.717) is 5.56 Å². The Morgan fingerprint density at radius 3 is 2.56 bits per heavy atom. The van der Waals surface area contributed by atoms with Gasteiger partial charge in [-0.1, -0.05) is 18.2 Å². The van der Waals surface area contributed by atoms with Crippen molar-refractivity contribution in [1.29, 1.82) is 0 Å². The normalized spacial score (nSPS) is 10.9. The second-order valence-electron chi connectivity index (χ2n) is 3.14. The number of phenolic OH excluding ortho intramolecular Hbond substituents is 1. The first-order valence-electron chi connectivity index (χ1n) is 4.77. The van der Waals surface area contributed by atoms with Crippen molar-refractivity contribution in [2.45, 2.75) is 19.4 Å². The fourth-order valence-corrected chi connectivity index (χ4v) is 0.994. The van der Waals surface area contributed by atoms with E-state index < -0.39 is 12.1 Å². The van der Waals surface area contributed by atoms with Gasteiger partial charge >= 0.3 is 5.97 Å². The third-order valence-corrected chi connectivity index (χ3v) is 1.62. The Bertz CT molecular complexity index is 347. The molecule has 3 N–H and O–H groups in total. The lowest BCUT2D eigenvalue weighted by Gasteiger charge is -2.05. The van der Waals surface area contributed by atoms with Gasteiger partial charge in [-0.3, -0.25) is 0 Å². The van der Waals surface area contributed by atoms with Crippen molar-refractivity contribution in [1.82, 2.24) is 0 Å². The van der Waals surface area contributed by atoms with Crippen LogP contribution in [0, 0.1) is 0 Å². The van der Waals surface area contributed by atoms with E-state index in [-0.39, 0.29) is 12.2 Å². The largest absolute Gasteiger partial charge is 0.508 e. The molecule has 0 aliphatic heterocycles. The summed E-state index contributed by atoms with van der Waals surface area (Å²) in [7, 11) is 0. The van der Waals surface area contributed by atoms with E-state index in [1.54, 1.807) is 18.2 Å². The summed E-state index contributed by atoms with van der Waals surface area (Å²) in [5, 5.41) is 26.4. The van der Waals surface area contributed by atoms with Crippen molar-refractivity contribution >= 4 is 5.97 Å². The van der Waals surface area contributed by atoms with Gasteiger partial charge in [-0.2, -0.15) is 0 Å². The highest BCUT2D eigenvalue weighted by molar-refractivity contribution is 5.72. The van der Waals surface area contributed by atoms with Gasteiger partial charge in [0.1, 0.15) is 5.75 Å². The van der Waals surface area contributed by atoms with Crippen molar-refractivity contribution in [3.8, 4) is 5.75 Å². The number of benzene rings is 1. The first-order valence-corrected chi connectivity index (χ1v) is 4.77. The molecule has 0 saturated heterocycles. The van der Waals surface area contributed by atoms with E-state index in [1.807, 2.05) is 6.92 Å². The average Bonchev–Trinajstić information content (AvgIpc) is 2.18. The monoisotopic (exact) mass is 224 g/mol. The highest BCUT2D eigenvalue weighted by Gasteiger charge is 2.13. The molecule has 1 aromatic rings. The Balaban J connectivity index is 0.000000673. The van der Waals surface area contributed by atoms with E-state index in [4.69, 9.17) is 15.3 Å². The topological polar surface area (TPSA) is 77.8 Å². The van der Waals surface area contributed by atoms with E-state index in [9.17, 15) is 4.79 Å².